The Morgan fingerprint density at radius 2 is 2.24 bits per heavy atom. The Morgan fingerprint density at radius 1 is 1.48 bits per heavy atom. The summed E-state index contributed by atoms with van der Waals surface area (Å²) in [5.41, 5.74) is 0.325. The smallest absolute Gasteiger partial charge is 0.263 e. The van der Waals surface area contributed by atoms with Gasteiger partial charge in [-0.3, -0.25) is 9.71 Å². The van der Waals surface area contributed by atoms with Crippen LogP contribution in [0.1, 0.15) is 19.0 Å². The van der Waals surface area contributed by atoms with Crippen molar-refractivity contribution in [2.75, 3.05) is 4.72 Å². The third kappa shape index (κ3) is 3.40. The number of anilines is 1. The van der Waals surface area contributed by atoms with Gasteiger partial charge in [-0.15, -0.1) is 0 Å². The summed E-state index contributed by atoms with van der Waals surface area (Å²) in [6.07, 6.45) is 4.45. The fraction of sp³-hybridized carbons (Fsp3) is 0.308. The molecule has 2 N–H and O–H groups in total. The van der Waals surface area contributed by atoms with Gasteiger partial charge in [0.25, 0.3) is 10.0 Å². The van der Waals surface area contributed by atoms with Crippen LogP contribution in [0.15, 0.2) is 35.6 Å². The number of hydrogen-bond donors (Lipinski definition) is 2. The van der Waals surface area contributed by atoms with E-state index in [2.05, 4.69) is 9.71 Å². The predicted molar refractivity (Wildman–Crippen MR) is 75.6 cm³/mol. The Kier molecular flexibility index (Phi) is 4.59. The number of nitrogens with one attached hydrogen (secondary N) is 1. The number of rotatable bonds is 6. The second kappa shape index (κ2) is 6.23. The molecule has 0 aromatic carbocycles. The van der Waals surface area contributed by atoms with E-state index in [0.717, 1.165) is 12.6 Å². The van der Waals surface area contributed by atoms with Crippen molar-refractivity contribution in [2.45, 2.75) is 31.4 Å². The van der Waals surface area contributed by atoms with Gasteiger partial charge in [0.1, 0.15) is 4.90 Å². The topological polar surface area (TPSA) is 84.2 Å². The van der Waals surface area contributed by atoms with Gasteiger partial charge in [0.15, 0.2) is 5.82 Å². The van der Waals surface area contributed by atoms with Gasteiger partial charge in [-0.1, -0.05) is 6.92 Å². The zero-order valence-electron chi connectivity index (χ0n) is 11.5. The maximum atomic E-state index is 13.5. The number of aromatic nitrogens is 2. The molecule has 2 aromatic heterocycles. The molecule has 0 saturated carbocycles. The van der Waals surface area contributed by atoms with E-state index in [0.29, 0.717) is 12.2 Å². The molecule has 0 spiro atoms. The summed E-state index contributed by atoms with van der Waals surface area (Å²) in [4.78, 5) is 3.54. The van der Waals surface area contributed by atoms with E-state index in [4.69, 9.17) is 0 Å². The molecule has 0 bridgehead atoms. The molecule has 2 aromatic rings. The summed E-state index contributed by atoms with van der Waals surface area (Å²) in [5.74, 6) is -0.753. The van der Waals surface area contributed by atoms with Crippen molar-refractivity contribution in [1.82, 2.24) is 9.55 Å². The first-order valence-corrected chi connectivity index (χ1v) is 7.88. The number of halogens is 1. The quantitative estimate of drug-likeness (QED) is 0.850. The molecule has 2 heterocycles. The molecule has 6 nitrogen and oxygen atoms in total. The summed E-state index contributed by atoms with van der Waals surface area (Å²) < 4.78 is 41.8. The van der Waals surface area contributed by atoms with Gasteiger partial charge in [0.2, 0.25) is 0 Å². The predicted octanol–water partition coefficient (Wildman–Crippen LogP) is 1.73. The molecule has 0 fully saturated rings. The van der Waals surface area contributed by atoms with Crippen LogP contribution in [0.5, 0.6) is 0 Å². The molecule has 0 amide bonds. The third-order valence-corrected chi connectivity index (χ3v) is 4.25. The summed E-state index contributed by atoms with van der Waals surface area (Å²) in [6, 6.07) is 2.61. The van der Waals surface area contributed by atoms with Crippen LogP contribution in [-0.4, -0.2) is 23.1 Å². The van der Waals surface area contributed by atoms with Crippen LogP contribution in [0.4, 0.5) is 10.1 Å². The van der Waals surface area contributed by atoms with Gasteiger partial charge in [-0.25, -0.2) is 12.8 Å². The van der Waals surface area contributed by atoms with Crippen LogP contribution >= 0.6 is 0 Å². The molecule has 0 atom stereocenters. The number of nitrogens with zero attached hydrogens (tertiary/aromatic N) is 2. The Bertz CT molecular complexity index is 728. The van der Waals surface area contributed by atoms with Crippen LogP contribution in [0, 0.1) is 5.82 Å². The van der Waals surface area contributed by atoms with Crippen molar-refractivity contribution in [1.29, 1.82) is 0 Å². The van der Waals surface area contributed by atoms with Crippen molar-refractivity contribution < 1.29 is 17.9 Å². The molecule has 0 aliphatic heterocycles. The Hall–Kier alpha value is -1.93. The minimum absolute atomic E-state index is 0.0174. The Morgan fingerprint density at radius 3 is 2.86 bits per heavy atom. The SMILES string of the molecule is CCCn1cc(S(=O)(=O)Nc2ccncc2F)cc1CO. The molecule has 114 valence electrons. The van der Waals surface area contributed by atoms with E-state index >= 15 is 0 Å². The summed E-state index contributed by atoms with van der Waals surface area (Å²) in [6.45, 7) is 2.27. The minimum atomic E-state index is -3.92. The number of aliphatic hydroxyl groups is 1. The summed E-state index contributed by atoms with van der Waals surface area (Å²) >= 11 is 0. The molecular weight excluding hydrogens is 297 g/mol. The molecule has 8 heteroatoms. The summed E-state index contributed by atoms with van der Waals surface area (Å²) in [7, 11) is -3.92. The monoisotopic (exact) mass is 313 g/mol. The van der Waals surface area contributed by atoms with E-state index in [-0.39, 0.29) is 17.2 Å². The van der Waals surface area contributed by atoms with Crippen LogP contribution in [-0.2, 0) is 23.2 Å². The first-order chi connectivity index (χ1) is 9.97. The van der Waals surface area contributed by atoms with Gasteiger partial charge in [-0.2, -0.15) is 0 Å². The van der Waals surface area contributed by atoms with Crippen molar-refractivity contribution in [2.24, 2.45) is 0 Å². The van der Waals surface area contributed by atoms with Crippen LogP contribution < -0.4 is 4.72 Å². The lowest BCUT2D eigenvalue weighted by Crippen LogP contribution is -2.13. The van der Waals surface area contributed by atoms with Crippen LogP contribution in [0.25, 0.3) is 0 Å². The highest BCUT2D eigenvalue weighted by Crippen LogP contribution is 2.20. The molecular formula is C13H16FN3O3S. The summed E-state index contributed by atoms with van der Waals surface area (Å²) in [5, 5.41) is 9.25. The van der Waals surface area contributed by atoms with Gasteiger partial charge in [0, 0.05) is 24.6 Å². The van der Waals surface area contributed by atoms with Gasteiger partial charge in [-0.05, 0) is 18.6 Å². The lowest BCUT2D eigenvalue weighted by Gasteiger charge is -2.06. The highest BCUT2D eigenvalue weighted by Gasteiger charge is 2.19. The number of hydrogen-bond acceptors (Lipinski definition) is 4. The van der Waals surface area contributed by atoms with E-state index in [9.17, 15) is 17.9 Å². The lowest BCUT2D eigenvalue weighted by molar-refractivity contribution is 0.270. The molecule has 21 heavy (non-hydrogen) atoms. The third-order valence-electron chi connectivity index (χ3n) is 2.91. The zero-order chi connectivity index (χ0) is 15.5. The van der Waals surface area contributed by atoms with Crippen molar-refractivity contribution >= 4 is 15.7 Å². The normalized spacial score (nSPS) is 11.6. The highest BCUT2D eigenvalue weighted by molar-refractivity contribution is 7.92. The number of aryl methyl sites for hydroxylation is 1. The molecule has 0 radical (unpaired) electrons. The van der Waals surface area contributed by atoms with E-state index in [1.54, 1.807) is 4.57 Å². The van der Waals surface area contributed by atoms with Crippen molar-refractivity contribution in [3.8, 4) is 0 Å². The van der Waals surface area contributed by atoms with Crippen LogP contribution in [0.2, 0.25) is 0 Å². The van der Waals surface area contributed by atoms with Gasteiger partial charge >= 0.3 is 0 Å². The van der Waals surface area contributed by atoms with Crippen molar-refractivity contribution in [3.63, 3.8) is 0 Å². The van der Waals surface area contributed by atoms with E-state index < -0.39 is 15.8 Å². The van der Waals surface area contributed by atoms with Gasteiger partial charge in [0.05, 0.1) is 18.5 Å². The molecule has 0 aliphatic rings. The first kappa shape index (κ1) is 15.5. The van der Waals surface area contributed by atoms with Gasteiger partial charge < -0.3 is 9.67 Å². The fourth-order valence-electron chi connectivity index (χ4n) is 1.92. The average molecular weight is 313 g/mol. The average Bonchev–Trinajstić information content (AvgIpc) is 2.86. The minimum Gasteiger partial charge on any atom is -0.390 e. The second-order valence-electron chi connectivity index (χ2n) is 4.48. The fourth-order valence-corrected chi connectivity index (χ4v) is 3.05. The number of sulfonamides is 1. The number of pyridine rings is 1. The molecule has 0 unspecified atom stereocenters. The maximum absolute atomic E-state index is 13.5. The highest BCUT2D eigenvalue weighted by atomic mass is 32.2. The van der Waals surface area contributed by atoms with E-state index in [1.165, 1.54) is 24.5 Å². The first-order valence-electron chi connectivity index (χ1n) is 6.40. The maximum Gasteiger partial charge on any atom is 0.263 e. The molecule has 2 rings (SSSR count). The standard InChI is InChI=1S/C13H16FN3O3S/c1-2-5-17-8-11(6-10(17)9-18)21(19,20)16-13-3-4-15-7-12(13)14/h3-4,6-8,18H,2,5,9H2,1H3,(H,15,16). The van der Waals surface area contributed by atoms with Crippen molar-refractivity contribution in [3.05, 3.63) is 42.2 Å². The zero-order valence-corrected chi connectivity index (χ0v) is 12.3. The Balaban J connectivity index is 2.34. The largest absolute Gasteiger partial charge is 0.390 e. The second-order valence-corrected chi connectivity index (χ2v) is 6.16. The lowest BCUT2D eigenvalue weighted by atomic mass is 10.4. The molecule has 0 saturated heterocycles. The Labute approximate surface area is 122 Å². The van der Waals surface area contributed by atoms with E-state index in [1.807, 2.05) is 6.92 Å². The van der Waals surface area contributed by atoms with Crippen LogP contribution in [0.3, 0.4) is 0 Å². The number of aliphatic hydroxyl groups excluding tert-OH is 1. The molecule has 0 aliphatic carbocycles.